The third-order valence-corrected chi connectivity index (χ3v) is 6.25. The van der Waals surface area contributed by atoms with Crippen LogP contribution in [0.4, 0.5) is 11.4 Å². The summed E-state index contributed by atoms with van der Waals surface area (Å²) in [5.74, 6) is 0. The van der Waals surface area contributed by atoms with Crippen molar-refractivity contribution in [2.75, 3.05) is 31.1 Å². The minimum absolute atomic E-state index is 0.0167. The molecule has 1 aliphatic rings. The Kier molecular flexibility index (Phi) is 4.88. The van der Waals surface area contributed by atoms with E-state index in [9.17, 15) is 18.5 Å². The summed E-state index contributed by atoms with van der Waals surface area (Å²) in [4.78, 5) is 12.3. The molecular formula is C17H16N4O4S. The molecule has 0 aromatic heterocycles. The Labute approximate surface area is 151 Å². The molecule has 8 nitrogen and oxygen atoms in total. The molecule has 2 aromatic rings. The van der Waals surface area contributed by atoms with E-state index in [2.05, 4.69) is 0 Å². The van der Waals surface area contributed by atoms with Gasteiger partial charge in [0, 0.05) is 44.0 Å². The molecule has 2 aromatic carbocycles. The van der Waals surface area contributed by atoms with E-state index in [-0.39, 0.29) is 29.2 Å². The highest BCUT2D eigenvalue weighted by Crippen LogP contribution is 2.24. The lowest BCUT2D eigenvalue weighted by molar-refractivity contribution is -0.384. The van der Waals surface area contributed by atoms with Crippen LogP contribution >= 0.6 is 0 Å². The molecule has 0 saturated carbocycles. The second-order valence-corrected chi connectivity index (χ2v) is 7.68. The summed E-state index contributed by atoms with van der Waals surface area (Å²) in [5, 5.41) is 19.9. The average molecular weight is 372 g/mol. The van der Waals surface area contributed by atoms with Crippen LogP contribution in [-0.4, -0.2) is 43.8 Å². The number of anilines is 1. The maximum atomic E-state index is 12.8. The Balaban J connectivity index is 1.74. The highest BCUT2D eigenvalue weighted by atomic mass is 32.2. The van der Waals surface area contributed by atoms with E-state index in [1.807, 2.05) is 11.0 Å². The molecule has 0 atom stereocenters. The van der Waals surface area contributed by atoms with Gasteiger partial charge in [-0.05, 0) is 24.3 Å². The Morgan fingerprint density at radius 2 is 1.62 bits per heavy atom. The minimum atomic E-state index is -3.73. The van der Waals surface area contributed by atoms with Gasteiger partial charge in [0.05, 0.1) is 15.4 Å². The maximum absolute atomic E-state index is 12.8. The number of piperazine rings is 1. The molecule has 134 valence electrons. The van der Waals surface area contributed by atoms with Gasteiger partial charge in [-0.25, -0.2) is 8.42 Å². The van der Waals surface area contributed by atoms with Gasteiger partial charge in [0.1, 0.15) is 6.07 Å². The van der Waals surface area contributed by atoms with Gasteiger partial charge in [-0.2, -0.15) is 9.57 Å². The van der Waals surface area contributed by atoms with Crippen molar-refractivity contribution in [2.24, 2.45) is 0 Å². The van der Waals surface area contributed by atoms with Crippen molar-refractivity contribution in [1.29, 1.82) is 5.26 Å². The average Bonchev–Trinajstić information content (AvgIpc) is 2.68. The molecule has 9 heteroatoms. The zero-order valence-electron chi connectivity index (χ0n) is 13.8. The maximum Gasteiger partial charge on any atom is 0.269 e. The summed E-state index contributed by atoms with van der Waals surface area (Å²) < 4.78 is 27.0. The van der Waals surface area contributed by atoms with E-state index in [4.69, 9.17) is 5.26 Å². The van der Waals surface area contributed by atoms with Gasteiger partial charge in [0.2, 0.25) is 10.0 Å². The van der Waals surface area contributed by atoms with Crippen LogP contribution in [0.5, 0.6) is 0 Å². The van der Waals surface area contributed by atoms with Gasteiger partial charge in [0.15, 0.2) is 0 Å². The van der Waals surface area contributed by atoms with Gasteiger partial charge in [-0.1, -0.05) is 12.1 Å². The molecule has 0 aliphatic carbocycles. The van der Waals surface area contributed by atoms with Gasteiger partial charge < -0.3 is 4.90 Å². The van der Waals surface area contributed by atoms with Crippen LogP contribution in [0.25, 0.3) is 0 Å². The van der Waals surface area contributed by atoms with E-state index in [0.717, 1.165) is 5.69 Å². The summed E-state index contributed by atoms with van der Waals surface area (Å²) >= 11 is 0. The Hall–Kier alpha value is -2.96. The largest absolute Gasteiger partial charge is 0.369 e. The Morgan fingerprint density at radius 1 is 1.00 bits per heavy atom. The predicted octanol–water partition coefficient (Wildman–Crippen LogP) is 1.98. The zero-order valence-corrected chi connectivity index (χ0v) is 14.6. The van der Waals surface area contributed by atoms with Crippen molar-refractivity contribution in [3.8, 4) is 6.07 Å². The first kappa shape index (κ1) is 17.8. The SMILES string of the molecule is N#Cc1ccccc1S(=O)(=O)N1CCN(c2ccc([N+](=O)[O-])cc2)CC1. The Bertz CT molecular complexity index is 959. The molecule has 0 amide bonds. The fourth-order valence-corrected chi connectivity index (χ4v) is 4.46. The third-order valence-electron chi connectivity index (χ3n) is 4.29. The van der Waals surface area contributed by atoms with E-state index in [0.29, 0.717) is 13.1 Å². The number of hydrogen-bond acceptors (Lipinski definition) is 6. The van der Waals surface area contributed by atoms with Gasteiger partial charge >= 0.3 is 0 Å². The number of sulfonamides is 1. The van der Waals surface area contributed by atoms with Crippen molar-refractivity contribution in [1.82, 2.24) is 4.31 Å². The van der Waals surface area contributed by atoms with E-state index in [1.165, 1.54) is 28.6 Å². The smallest absolute Gasteiger partial charge is 0.269 e. The number of rotatable bonds is 4. The van der Waals surface area contributed by atoms with Crippen molar-refractivity contribution in [2.45, 2.75) is 4.90 Å². The van der Waals surface area contributed by atoms with Crippen molar-refractivity contribution < 1.29 is 13.3 Å². The lowest BCUT2D eigenvalue weighted by Crippen LogP contribution is -2.48. The number of non-ortho nitro benzene ring substituents is 1. The normalized spacial score (nSPS) is 15.4. The van der Waals surface area contributed by atoms with Crippen LogP contribution in [0.15, 0.2) is 53.4 Å². The quantitative estimate of drug-likeness (QED) is 0.600. The molecule has 0 unspecified atom stereocenters. The van der Waals surface area contributed by atoms with Gasteiger partial charge in [0.25, 0.3) is 5.69 Å². The van der Waals surface area contributed by atoms with Crippen LogP contribution in [-0.2, 0) is 10.0 Å². The second-order valence-electron chi connectivity index (χ2n) is 5.77. The van der Waals surface area contributed by atoms with Crippen molar-refractivity contribution >= 4 is 21.4 Å². The first-order chi connectivity index (χ1) is 12.4. The lowest BCUT2D eigenvalue weighted by atomic mass is 10.2. The lowest BCUT2D eigenvalue weighted by Gasteiger charge is -2.35. The molecule has 1 heterocycles. The summed E-state index contributed by atoms with van der Waals surface area (Å²) in [6, 6.07) is 14.3. The van der Waals surface area contributed by atoms with E-state index < -0.39 is 14.9 Å². The van der Waals surface area contributed by atoms with E-state index in [1.54, 1.807) is 24.3 Å². The first-order valence-electron chi connectivity index (χ1n) is 7.92. The molecule has 3 rings (SSSR count). The third kappa shape index (κ3) is 3.37. The molecule has 0 N–H and O–H groups in total. The highest BCUT2D eigenvalue weighted by molar-refractivity contribution is 7.89. The number of hydrogen-bond donors (Lipinski definition) is 0. The Morgan fingerprint density at radius 3 is 2.19 bits per heavy atom. The summed E-state index contributed by atoms with van der Waals surface area (Å²) in [5.41, 5.74) is 0.957. The second kappa shape index (κ2) is 7.11. The fraction of sp³-hybridized carbons (Fsp3) is 0.235. The highest BCUT2D eigenvalue weighted by Gasteiger charge is 2.30. The van der Waals surface area contributed by atoms with Gasteiger partial charge in [-0.15, -0.1) is 0 Å². The molecule has 0 radical (unpaired) electrons. The first-order valence-corrected chi connectivity index (χ1v) is 9.36. The molecule has 1 fully saturated rings. The summed E-state index contributed by atoms with van der Waals surface area (Å²) in [6.07, 6.45) is 0. The summed E-state index contributed by atoms with van der Waals surface area (Å²) in [6.45, 7) is 1.48. The monoisotopic (exact) mass is 372 g/mol. The zero-order chi connectivity index (χ0) is 18.7. The number of nitrogens with zero attached hydrogens (tertiary/aromatic N) is 4. The van der Waals surface area contributed by atoms with Gasteiger partial charge in [-0.3, -0.25) is 10.1 Å². The van der Waals surface area contributed by atoms with Crippen LogP contribution in [0, 0.1) is 21.4 Å². The van der Waals surface area contributed by atoms with Crippen LogP contribution < -0.4 is 4.90 Å². The number of benzene rings is 2. The molecule has 0 bridgehead atoms. The molecule has 1 saturated heterocycles. The molecule has 1 aliphatic heterocycles. The minimum Gasteiger partial charge on any atom is -0.369 e. The van der Waals surface area contributed by atoms with Crippen molar-refractivity contribution in [3.05, 3.63) is 64.2 Å². The van der Waals surface area contributed by atoms with Crippen LogP contribution in [0.3, 0.4) is 0 Å². The number of nitro benzene ring substituents is 1. The fourth-order valence-electron chi connectivity index (χ4n) is 2.89. The van der Waals surface area contributed by atoms with Crippen LogP contribution in [0.2, 0.25) is 0 Å². The number of nitriles is 1. The molecular weight excluding hydrogens is 356 g/mol. The molecule has 26 heavy (non-hydrogen) atoms. The van der Waals surface area contributed by atoms with E-state index >= 15 is 0 Å². The summed E-state index contributed by atoms with van der Waals surface area (Å²) in [7, 11) is -3.73. The topological polar surface area (TPSA) is 108 Å². The van der Waals surface area contributed by atoms with Crippen molar-refractivity contribution in [3.63, 3.8) is 0 Å². The van der Waals surface area contributed by atoms with Crippen LogP contribution in [0.1, 0.15) is 5.56 Å². The standard InChI is InChI=1S/C17H16N4O4S/c18-13-14-3-1-2-4-17(14)26(24,25)20-11-9-19(10-12-20)15-5-7-16(8-6-15)21(22)23/h1-8H,9-12H2. The predicted molar refractivity (Wildman–Crippen MR) is 95.2 cm³/mol. The number of nitro groups is 1. The molecule has 0 spiro atoms.